The Kier molecular flexibility index (Phi) is 7.63. The molecule has 3 nitrogen and oxygen atoms in total. The highest BCUT2D eigenvalue weighted by Gasteiger charge is 2.13. The standard InChI is InChI=1S/C17H30N2O/c1-6-16(7-2)19(4)13-15-11-14(12-18-8-3)9-10-17(15)20-5/h9-11,16,18H,6-8,12-13H2,1-5H3. The van der Waals surface area contributed by atoms with Crippen molar-refractivity contribution in [1.82, 2.24) is 10.2 Å². The number of hydrogen-bond donors (Lipinski definition) is 1. The van der Waals surface area contributed by atoms with Gasteiger partial charge in [0.05, 0.1) is 7.11 Å². The number of rotatable bonds is 9. The molecule has 1 aromatic rings. The van der Waals surface area contributed by atoms with Crippen LogP contribution in [0, 0.1) is 0 Å². The van der Waals surface area contributed by atoms with E-state index in [1.807, 2.05) is 0 Å². The van der Waals surface area contributed by atoms with Crippen molar-refractivity contribution in [2.24, 2.45) is 0 Å². The van der Waals surface area contributed by atoms with Crippen LogP contribution in [0.2, 0.25) is 0 Å². The molecule has 0 aliphatic heterocycles. The van der Waals surface area contributed by atoms with Crippen molar-refractivity contribution in [3.8, 4) is 5.75 Å². The van der Waals surface area contributed by atoms with Gasteiger partial charge in [0.1, 0.15) is 5.75 Å². The predicted molar refractivity (Wildman–Crippen MR) is 86.2 cm³/mol. The van der Waals surface area contributed by atoms with Crippen LogP contribution in [0.3, 0.4) is 0 Å². The molecule has 0 unspecified atom stereocenters. The molecule has 114 valence electrons. The maximum absolute atomic E-state index is 5.51. The van der Waals surface area contributed by atoms with Gasteiger partial charge >= 0.3 is 0 Å². The van der Waals surface area contributed by atoms with E-state index in [1.165, 1.54) is 24.0 Å². The summed E-state index contributed by atoms with van der Waals surface area (Å²) < 4.78 is 5.51. The van der Waals surface area contributed by atoms with Gasteiger partial charge < -0.3 is 10.1 Å². The van der Waals surface area contributed by atoms with E-state index in [9.17, 15) is 0 Å². The zero-order chi connectivity index (χ0) is 15.0. The highest BCUT2D eigenvalue weighted by atomic mass is 16.5. The second-order valence-corrected chi connectivity index (χ2v) is 5.31. The third-order valence-electron chi connectivity index (χ3n) is 3.91. The van der Waals surface area contributed by atoms with E-state index in [4.69, 9.17) is 4.74 Å². The summed E-state index contributed by atoms with van der Waals surface area (Å²) in [6.45, 7) is 9.49. The normalized spacial score (nSPS) is 11.3. The Morgan fingerprint density at radius 2 is 1.90 bits per heavy atom. The third kappa shape index (κ3) is 4.80. The van der Waals surface area contributed by atoms with Crippen LogP contribution < -0.4 is 10.1 Å². The van der Waals surface area contributed by atoms with Gasteiger partial charge in [-0.15, -0.1) is 0 Å². The summed E-state index contributed by atoms with van der Waals surface area (Å²) in [5.74, 6) is 0.989. The van der Waals surface area contributed by atoms with Gasteiger partial charge in [0.15, 0.2) is 0 Å². The number of methoxy groups -OCH3 is 1. The molecule has 1 aromatic carbocycles. The highest BCUT2D eigenvalue weighted by Crippen LogP contribution is 2.23. The molecule has 0 fully saturated rings. The summed E-state index contributed by atoms with van der Waals surface area (Å²) in [5.41, 5.74) is 2.60. The van der Waals surface area contributed by atoms with Gasteiger partial charge in [0.25, 0.3) is 0 Å². The van der Waals surface area contributed by atoms with Gasteiger partial charge in [-0.1, -0.05) is 26.8 Å². The van der Waals surface area contributed by atoms with Crippen molar-refractivity contribution in [1.29, 1.82) is 0 Å². The topological polar surface area (TPSA) is 24.5 Å². The lowest BCUT2D eigenvalue weighted by atomic mass is 10.1. The van der Waals surface area contributed by atoms with E-state index in [-0.39, 0.29) is 0 Å². The fraction of sp³-hybridized carbons (Fsp3) is 0.647. The SMILES string of the molecule is CCNCc1ccc(OC)c(CN(C)C(CC)CC)c1. The summed E-state index contributed by atoms with van der Waals surface area (Å²) in [7, 11) is 3.95. The molecular weight excluding hydrogens is 248 g/mol. The summed E-state index contributed by atoms with van der Waals surface area (Å²) in [6.07, 6.45) is 2.37. The zero-order valence-corrected chi connectivity index (χ0v) is 13.7. The lowest BCUT2D eigenvalue weighted by Gasteiger charge is -2.27. The van der Waals surface area contributed by atoms with Crippen LogP contribution in [0.4, 0.5) is 0 Å². The monoisotopic (exact) mass is 278 g/mol. The van der Waals surface area contributed by atoms with Gasteiger partial charge in [0.2, 0.25) is 0 Å². The summed E-state index contributed by atoms with van der Waals surface area (Å²) in [4.78, 5) is 2.43. The molecule has 0 amide bonds. The van der Waals surface area contributed by atoms with Crippen LogP contribution in [-0.4, -0.2) is 31.6 Å². The van der Waals surface area contributed by atoms with E-state index in [0.717, 1.165) is 25.4 Å². The molecule has 1 rings (SSSR count). The average Bonchev–Trinajstić information content (AvgIpc) is 2.46. The van der Waals surface area contributed by atoms with Gasteiger partial charge in [-0.3, -0.25) is 4.90 Å². The molecule has 0 saturated heterocycles. The van der Waals surface area contributed by atoms with Crippen molar-refractivity contribution >= 4 is 0 Å². The minimum atomic E-state index is 0.636. The smallest absolute Gasteiger partial charge is 0.123 e. The van der Waals surface area contributed by atoms with Gasteiger partial charge in [-0.2, -0.15) is 0 Å². The molecule has 20 heavy (non-hydrogen) atoms. The predicted octanol–water partition coefficient (Wildman–Crippen LogP) is 3.43. The van der Waals surface area contributed by atoms with Crippen molar-refractivity contribution in [3.05, 3.63) is 29.3 Å². The van der Waals surface area contributed by atoms with Crippen LogP contribution >= 0.6 is 0 Å². The molecule has 0 aliphatic rings. The highest BCUT2D eigenvalue weighted by molar-refractivity contribution is 5.37. The van der Waals surface area contributed by atoms with Gasteiger partial charge in [0, 0.05) is 24.7 Å². The van der Waals surface area contributed by atoms with Crippen LogP contribution in [0.1, 0.15) is 44.7 Å². The van der Waals surface area contributed by atoms with E-state index < -0.39 is 0 Å². The Morgan fingerprint density at radius 3 is 2.45 bits per heavy atom. The Balaban J connectivity index is 2.84. The quantitative estimate of drug-likeness (QED) is 0.749. The minimum absolute atomic E-state index is 0.636. The van der Waals surface area contributed by atoms with E-state index >= 15 is 0 Å². The Bertz CT molecular complexity index is 389. The second kappa shape index (κ2) is 8.98. The Hall–Kier alpha value is -1.06. The average molecular weight is 278 g/mol. The number of ether oxygens (including phenoxy) is 1. The first kappa shape index (κ1) is 17.0. The molecule has 0 saturated carbocycles. The van der Waals surface area contributed by atoms with E-state index in [2.05, 4.69) is 56.2 Å². The number of benzene rings is 1. The minimum Gasteiger partial charge on any atom is -0.496 e. The van der Waals surface area contributed by atoms with Crippen LogP contribution in [0.15, 0.2) is 18.2 Å². The number of nitrogens with one attached hydrogen (secondary N) is 1. The summed E-state index contributed by atoms with van der Waals surface area (Å²) >= 11 is 0. The van der Waals surface area contributed by atoms with Crippen LogP contribution in [0.25, 0.3) is 0 Å². The number of hydrogen-bond acceptors (Lipinski definition) is 3. The second-order valence-electron chi connectivity index (χ2n) is 5.31. The summed E-state index contributed by atoms with van der Waals surface area (Å²) in [5, 5.41) is 3.37. The number of nitrogens with zero attached hydrogens (tertiary/aromatic N) is 1. The lowest BCUT2D eigenvalue weighted by molar-refractivity contribution is 0.219. The molecule has 0 spiro atoms. The maximum Gasteiger partial charge on any atom is 0.123 e. The molecule has 0 aromatic heterocycles. The van der Waals surface area contributed by atoms with Crippen LogP contribution in [-0.2, 0) is 13.1 Å². The third-order valence-corrected chi connectivity index (χ3v) is 3.91. The van der Waals surface area contributed by atoms with Gasteiger partial charge in [-0.25, -0.2) is 0 Å². The first-order valence-electron chi connectivity index (χ1n) is 7.72. The van der Waals surface area contributed by atoms with Crippen molar-refractivity contribution < 1.29 is 4.74 Å². The molecule has 0 heterocycles. The zero-order valence-electron chi connectivity index (χ0n) is 13.7. The molecule has 0 bridgehead atoms. The molecule has 0 atom stereocenters. The summed E-state index contributed by atoms with van der Waals surface area (Å²) in [6, 6.07) is 7.13. The molecular formula is C17H30N2O. The van der Waals surface area contributed by atoms with Crippen molar-refractivity contribution in [2.75, 3.05) is 20.7 Å². The van der Waals surface area contributed by atoms with Gasteiger partial charge in [-0.05, 0) is 44.1 Å². The fourth-order valence-corrected chi connectivity index (χ4v) is 2.64. The Morgan fingerprint density at radius 1 is 1.20 bits per heavy atom. The maximum atomic E-state index is 5.51. The fourth-order valence-electron chi connectivity index (χ4n) is 2.64. The molecule has 1 N–H and O–H groups in total. The lowest BCUT2D eigenvalue weighted by Crippen LogP contribution is -2.30. The Labute approximate surface area is 124 Å². The first-order chi connectivity index (χ1) is 9.65. The first-order valence-corrected chi connectivity index (χ1v) is 7.72. The molecule has 0 radical (unpaired) electrons. The van der Waals surface area contributed by atoms with E-state index in [0.29, 0.717) is 6.04 Å². The molecule has 0 aliphatic carbocycles. The van der Waals surface area contributed by atoms with Crippen molar-refractivity contribution in [3.63, 3.8) is 0 Å². The van der Waals surface area contributed by atoms with Crippen molar-refractivity contribution in [2.45, 2.75) is 52.7 Å². The van der Waals surface area contributed by atoms with Crippen LogP contribution in [0.5, 0.6) is 5.75 Å². The largest absolute Gasteiger partial charge is 0.496 e. The molecule has 3 heteroatoms. The van der Waals surface area contributed by atoms with E-state index in [1.54, 1.807) is 7.11 Å².